The van der Waals surface area contributed by atoms with Crippen molar-refractivity contribution >= 4 is 57.5 Å². The van der Waals surface area contributed by atoms with Gasteiger partial charge in [0.15, 0.2) is 5.17 Å². The van der Waals surface area contributed by atoms with Crippen LogP contribution in [0.4, 0.5) is 11.4 Å². The van der Waals surface area contributed by atoms with E-state index in [0.29, 0.717) is 21.6 Å². The van der Waals surface area contributed by atoms with Gasteiger partial charge in [0, 0.05) is 29.9 Å². The molecule has 0 unspecified atom stereocenters. The van der Waals surface area contributed by atoms with Crippen LogP contribution in [0, 0.1) is 0 Å². The molecule has 0 radical (unpaired) electrons. The maximum absolute atomic E-state index is 13.2. The molecule has 1 saturated heterocycles. The number of allylic oxidation sites excluding steroid dienone is 1. The Balaban J connectivity index is 1.73. The quantitative estimate of drug-likeness (QED) is 0.456. The van der Waals surface area contributed by atoms with Crippen LogP contribution in [0.15, 0.2) is 58.4 Å². The van der Waals surface area contributed by atoms with Crippen LogP contribution >= 0.6 is 23.4 Å². The summed E-state index contributed by atoms with van der Waals surface area (Å²) in [5.41, 5.74) is 5.06. The molecule has 4 rings (SSSR count). The fourth-order valence-corrected chi connectivity index (χ4v) is 5.29. The van der Waals surface area contributed by atoms with Crippen molar-refractivity contribution in [3.05, 3.63) is 69.6 Å². The second-order valence-electron chi connectivity index (χ2n) is 8.73. The first-order valence-corrected chi connectivity index (χ1v) is 12.0. The average molecular weight is 466 g/mol. The zero-order chi connectivity index (χ0) is 23.0. The van der Waals surface area contributed by atoms with Gasteiger partial charge in [-0.2, -0.15) is 0 Å². The Morgan fingerprint density at radius 3 is 2.59 bits per heavy atom. The van der Waals surface area contributed by atoms with E-state index >= 15 is 0 Å². The SMILES string of the molecule is CCCN1C(=O)/C(=C/c2cc3c(cc2Cl)N(C)C(C)(C)C=C3C)SC1=Nc1ccccc1. The number of rotatable bonds is 4. The minimum atomic E-state index is -0.0822. The lowest BCUT2D eigenvalue weighted by Crippen LogP contribution is -2.42. The molecule has 0 aliphatic carbocycles. The average Bonchev–Trinajstić information content (AvgIpc) is 3.03. The molecule has 2 aromatic rings. The second-order valence-corrected chi connectivity index (χ2v) is 10.1. The number of amides is 1. The summed E-state index contributed by atoms with van der Waals surface area (Å²) in [6.45, 7) is 9.20. The molecule has 0 spiro atoms. The first-order valence-electron chi connectivity index (χ1n) is 10.8. The van der Waals surface area contributed by atoms with E-state index in [0.717, 1.165) is 28.9 Å². The van der Waals surface area contributed by atoms with Crippen LogP contribution in [0.2, 0.25) is 5.02 Å². The highest BCUT2D eigenvalue weighted by Gasteiger charge is 2.33. The zero-order valence-electron chi connectivity index (χ0n) is 19.1. The topological polar surface area (TPSA) is 35.9 Å². The first-order chi connectivity index (χ1) is 15.2. The van der Waals surface area contributed by atoms with Gasteiger partial charge in [-0.1, -0.05) is 42.8 Å². The lowest BCUT2D eigenvalue weighted by molar-refractivity contribution is -0.122. The Kier molecular flexibility index (Phi) is 6.24. The van der Waals surface area contributed by atoms with E-state index in [1.54, 1.807) is 4.90 Å². The molecule has 0 N–H and O–H groups in total. The summed E-state index contributed by atoms with van der Waals surface area (Å²) in [4.78, 5) is 22.6. The van der Waals surface area contributed by atoms with Crippen LogP contribution in [0.25, 0.3) is 11.6 Å². The molecule has 2 aliphatic heterocycles. The second kappa shape index (κ2) is 8.80. The minimum Gasteiger partial charge on any atom is -0.365 e. The van der Waals surface area contributed by atoms with Gasteiger partial charge in [0.05, 0.1) is 16.1 Å². The number of benzene rings is 2. The van der Waals surface area contributed by atoms with Crippen molar-refractivity contribution in [1.82, 2.24) is 4.90 Å². The van der Waals surface area contributed by atoms with Gasteiger partial charge in [-0.15, -0.1) is 0 Å². The summed E-state index contributed by atoms with van der Waals surface area (Å²) in [5.74, 6) is -0.0224. The Morgan fingerprint density at radius 1 is 1.19 bits per heavy atom. The number of thioether (sulfide) groups is 1. The molecule has 0 saturated carbocycles. The Morgan fingerprint density at radius 2 is 1.91 bits per heavy atom. The maximum Gasteiger partial charge on any atom is 0.266 e. The minimum absolute atomic E-state index is 0.0224. The van der Waals surface area contributed by atoms with Crippen LogP contribution in [-0.2, 0) is 4.79 Å². The Bertz CT molecular complexity index is 1150. The number of likely N-dealkylation sites (N-methyl/N-ethyl adjacent to an activating group) is 1. The highest BCUT2D eigenvalue weighted by molar-refractivity contribution is 8.18. The number of hydrogen-bond acceptors (Lipinski definition) is 4. The van der Waals surface area contributed by atoms with Crippen LogP contribution in [-0.4, -0.2) is 35.1 Å². The van der Waals surface area contributed by atoms with E-state index in [1.807, 2.05) is 42.5 Å². The number of halogens is 1. The number of carbonyl (C=O) groups is 1. The van der Waals surface area contributed by atoms with E-state index in [1.165, 1.54) is 17.3 Å². The number of nitrogens with zero attached hydrogens (tertiary/aromatic N) is 3. The first kappa shape index (κ1) is 22.7. The highest BCUT2D eigenvalue weighted by Crippen LogP contribution is 2.42. The van der Waals surface area contributed by atoms with Crippen molar-refractivity contribution < 1.29 is 4.79 Å². The molecule has 1 fully saturated rings. The van der Waals surface area contributed by atoms with Crippen LogP contribution < -0.4 is 4.90 Å². The van der Waals surface area contributed by atoms with E-state index in [9.17, 15) is 4.79 Å². The van der Waals surface area contributed by atoms with Crippen molar-refractivity contribution in [2.75, 3.05) is 18.5 Å². The molecule has 32 heavy (non-hydrogen) atoms. The number of amidine groups is 1. The van der Waals surface area contributed by atoms with Crippen molar-refractivity contribution in [2.45, 2.75) is 39.7 Å². The van der Waals surface area contributed by atoms with Gasteiger partial charge in [-0.05, 0) is 80.4 Å². The molecule has 0 atom stereocenters. The van der Waals surface area contributed by atoms with E-state index in [2.05, 4.69) is 51.8 Å². The molecule has 2 heterocycles. The predicted molar refractivity (Wildman–Crippen MR) is 139 cm³/mol. The van der Waals surface area contributed by atoms with Gasteiger partial charge in [0.2, 0.25) is 0 Å². The standard InChI is InChI=1S/C26H28ClN3OS/c1-6-12-30-24(31)23(32-25(30)28-19-10-8-7-9-11-19)14-18-13-20-17(2)16-26(3,4)29(5)22(20)15-21(18)27/h7-11,13-16H,6,12H2,1-5H3/b23-14-,28-25?. The highest BCUT2D eigenvalue weighted by atomic mass is 35.5. The van der Waals surface area contributed by atoms with Gasteiger partial charge >= 0.3 is 0 Å². The maximum atomic E-state index is 13.2. The van der Waals surface area contributed by atoms with Gasteiger partial charge in [0.1, 0.15) is 0 Å². The lowest BCUT2D eigenvalue weighted by Gasteiger charge is -2.40. The molecule has 6 heteroatoms. The normalized spacial score (nSPS) is 20.2. The largest absolute Gasteiger partial charge is 0.365 e. The third-order valence-electron chi connectivity index (χ3n) is 5.94. The summed E-state index contributed by atoms with van der Waals surface area (Å²) in [6, 6.07) is 13.8. The van der Waals surface area contributed by atoms with Crippen LogP contribution in [0.5, 0.6) is 0 Å². The Labute approximate surface area is 199 Å². The molecule has 2 aliphatic rings. The number of hydrogen-bond donors (Lipinski definition) is 0. The molecule has 1 amide bonds. The number of aliphatic imine (C=N–C) groups is 1. The number of anilines is 1. The summed E-state index contributed by atoms with van der Waals surface area (Å²) < 4.78 is 0. The van der Waals surface area contributed by atoms with Gasteiger partial charge in [-0.3, -0.25) is 9.69 Å². The van der Waals surface area contributed by atoms with E-state index in [4.69, 9.17) is 16.6 Å². The van der Waals surface area contributed by atoms with Crippen LogP contribution in [0.1, 0.15) is 45.2 Å². The van der Waals surface area contributed by atoms with Crippen molar-refractivity contribution in [3.8, 4) is 0 Å². The van der Waals surface area contributed by atoms with Gasteiger partial charge in [-0.25, -0.2) is 4.99 Å². The predicted octanol–water partition coefficient (Wildman–Crippen LogP) is 6.99. The smallest absolute Gasteiger partial charge is 0.266 e. The number of carbonyl (C=O) groups excluding carboxylic acids is 1. The summed E-state index contributed by atoms with van der Waals surface area (Å²) in [7, 11) is 2.08. The van der Waals surface area contributed by atoms with Crippen molar-refractivity contribution in [3.63, 3.8) is 0 Å². The molecule has 2 aromatic carbocycles. The molecular formula is C26H28ClN3OS. The fraction of sp³-hybridized carbons (Fsp3) is 0.308. The molecule has 166 valence electrons. The molecule has 0 bridgehead atoms. The molecular weight excluding hydrogens is 438 g/mol. The molecule has 4 nitrogen and oxygen atoms in total. The summed E-state index contributed by atoms with van der Waals surface area (Å²) in [6.07, 6.45) is 5.03. The summed E-state index contributed by atoms with van der Waals surface area (Å²) in [5, 5.41) is 1.35. The van der Waals surface area contributed by atoms with Crippen molar-refractivity contribution in [2.24, 2.45) is 4.99 Å². The summed E-state index contributed by atoms with van der Waals surface area (Å²) >= 11 is 8.11. The van der Waals surface area contributed by atoms with Gasteiger partial charge < -0.3 is 4.90 Å². The van der Waals surface area contributed by atoms with Crippen molar-refractivity contribution in [1.29, 1.82) is 0 Å². The Hall–Kier alpha value is -2.50. The monoisotopic (exact) mass is 465 g/mol. The molecule has 0 aromatic heterocycles. The van der Waals surface area contributed by atoms with Gasteiger partial charge in [0.25, 0.3) is 5.91 Å². The zero-order valence-corrected chi connectivity index (χ0v) is 20.7. The number of fused-ring (bicyclic) bond motifs is 1. The number of para-hydroxylation sites is 1. The van der Waals surface area contributed by atoms with E-state index < -0.39 is 0 Å². The van der Waals surface area contributed by atoms with E-state index in [-0.39, 0.29) is 11.4 Å². The fourth-order valence-electron chi connectivity index (χ4n) is 4.06. The lowest BCUT2D eigenvalue weighted by atomic mass is 9.88. The third-order valence-corrected chi connectivity index (χ3v) is 7.27. The van der Waals surface area contributed by atoms with Crippen LogP contribution in [0.3, 0.4) is 0 Å². The third kappa shape index (κ3) is 4.24.